The molecular formula is C18H15F15O2. The lowest BCUT2D eigenvalue weighted by Gasteiger charge is -2.42. The molecule has 0 aliphatic rings. The number of hydrogen-bond donors (Lipinski definition) is 1. The van der Waals surface area contributed by atoms with Crippen LogP contribution in [0.3, 0.4) is 0 Å². The average molecular weight is 548 g/mol. The number of hydrogen-bond acceptors (Lipinski definition) is 2. The van der Waals surface area contributed by atoms with Crippen LogP contribution in [0, 0.1) is 0 Å². The van der Waals surface area contributed by atoms with Crippen LogP contribution in [0.25, 0.3) is 0 Å². The Labute approximate surface area is 186 Å². The highest BCUT2D eigenvalue weighted by Gasteiger charge is 2.93. The highest BCUT2D eigenvalue weighted by atomic mass is 19.4. The van der Waals surface area contributed by atoms with Gasteiger partial charge in [-0.15, -0.1) is 0 Å². The Morgan fingerprint density at radius 3 is 1.49 bits per heavy atom. The van der Waals surface area contributed by atoms with E-state index in [-0.39, 0.29) is 13.5 Å². The van der Waals surface area contributed by atoms with Crippen molar-refractivity contribution in [2.75, 3.05) is 6.61 Å². The van der Waals surface area contributed by atoms with Gasteiger partial charge in [-0.25, -0.2) is 0 Å². The van der Waals surface area contributed by atoms with Crippen LogP contribution in [-0.4, -0.2) is 53.4 Å². The molecule has 0 aliphatic carbocycles. The minimum Gasteiger partial charge on any atom is -0.493 e. The first-order valence-corrected chi connectivity index (χ1v) is 9.04. The molecule has 1 rings (SSSR count). The second kappa shape index (κ2) is 8.80. The molecule has 1 unspecified atom stereocenters. The fourth-order valence-electron chi connectivity index (χ4n) is 2.83. The Morgan fingerprint density at radius 1 is 0.657 bits per heavy atom. The molecule has 0 saturated heterocycles. The first kappa shape index (κ1) is 31.0. The first-order valence-electron chi connectivity index (χ1n) is 9.04. The molecule has 0 saturated carbocycles. The standard InChI is InChI=1S/C18H15F15O2/c1-3-35-10-7-5-4-6-9(10)11(2,34)8-12(19,20)13(21,22)14(23,24)15(25,26)16(27,28)17(29,30)18(31,32)33/h4-7,34H,3,8H2,1-2H3. The zero-order valence-electron chi connectivity index (χ0n) is 17.2. The van der Waals surface area contributed by atoms with E-state index in [1.807, 2.05) is 0 Å². The van der Waals surface area contributed by atoms with Crippen molar-refractivity contribution >= 4 is 0 Å². The Kier molecular flexibility index (Phi) is 7.78. The molecule has 0 radical (unpaired) electrons. The van der Waals surface area contributed by atoms with Gasteiger partial charge in [-0.3, -0.25) is 0 Å². The molecule has 0 amide bonds. The van der Waals surface area contributed by atoms with E-state index < -0.39 is 65.0 Å². The van der Waals surface area contributed by atoms with Crippen molar-refractivity contribution in [2.24, 2.45) is 0 Å². The lowest BCUT2D eigenvalue weighted by molar-refractivity contribution is -0.453. The van der Waals surface area contributed by atoms with E-state index in [9.17, 15) is 71.0 Å². The third-order valence-corrected chi connectivity index (χ3v) is 4.73. The van der Waals surface area contributed by atoms with Gasteiger partial charge >= 0.3 is 41.7 Å². The van der Waals surface area contributed by atoms with Crippen LogP contribution in [0.4, 0.5) is 65.9 Å². The van der Waals surface area contributed by atoms with Gasteiger partial charge in [0, 0.05) is 5.56 Å². The van der Waals surface area contributed by atoms with E-state index in [1.165, 1.54) is 13.0 Å². The van der Waals surface area contributed by atoms with E-state index in [2.05, 4.69) is 0 Å². The van der Waals surface area contributed by atoms with Crippen LogP contribution in [-0.2, 0) is 5.60 Å². The summed E-state index contributed by atoms with van der Waals surface area (Å²) in [5, 5.41) is 10.2. The fourth-order valence-corrected chi connectivity index (χ4v) is 2.83. The van der Waals surface area contributed by atoms with Gasteiger partial charge in [0.15, 0.2) is 0 Å². The van der Waals surface area contributed by atoms with Gasteiger partial charge in [0.05, 0.1) is 18.6 Å². The summed E-state index contributed by atoms with van der Waals surface area (Å²) in [4.78, 5) is 0. The maximum atomic E-state index is 14.2. The van der Waals surface area contributed by atoms with Crippen molar-refractivity contribution in [3.05, 3.63) is 29.8 Å². The summed E-state index contributed by atoms with van der Waals surface area (Å²) in [6.07, 6.45) is -10.6. The number of halogens is 15. The highest BCUT2D eigenvalue weighted by Crippen LogP contribution is 2.63. The second-order valence-electron chi connectivity index (χ2n) is 7.45. The zero-order valence-corrected chi connectivity index (χ0v) is 17.2. The predicted octanol–water partition coefficient (Wildman–Crippen LogP) is 7.06. The smallest absolute Gasteiger partial charge is 0.460 e. The third kappa shape index (κ3) is 4.71. The Balaban J connectivity index is 3.57. The molecule has 17 heteroatoms. The van der Waals surface area contributed by atoms with Gasteiger partial charge in [0.25, 0.3) is 0 Å². The number of rotatable bonds is 10. The molecular weight excluding hydrogens is 533 g/mol. The first-order chi connectivity index (χ1) is 15.3. The number of benzene rings is 1. The SMILES string of the molecule is CCOc1ccccc1C(C)(O)CC(F)(F)C(F)(F)C(F)(F)C(F)(F)C(F)(F)C(F)(F)C(F)(F)F. The molecule has 204 valence electrons. The molecule has 1 N–H and O–H groups in total. The molecule has 35 heavy (non-hydrogen) atoms. The minimum absolute atomic E-state index is 0.216. The molecule has 0 aromatic heterocycles. The number of para-hydroxylation sites is 1. The van der Waals surface area contributed by atoms with Gasteiger partial charge in [-0.05, 0) is 19.9 Å². The largest absolute Gasteiger partial charge is 0.493 e. The lowest BCUT2D eigenvalue weighted by Crippen LogP contribution is -2.72. The predicted molar refractivity (Wildman–Crippen MR) is 87.5 cm³/mol. The second-order valence-corrected chi connectivity index (χ2v) is 7.45. The summed E-state index contributed by atoms with van der Waals surface area (Å²) >= 11 is 0. The molecule has 0 fully saturated rings. The molecule has 0 aliphatic heterocycles. The van der Waals surface area contributed by atoms with E-state index >= 15 is 0 Å². The van der Waals surface area contributed by atoms with Crippen molar-refractivity contribution in [3.8, 4) is 5.75 Å². The summed E-state index contributed by atoms with van der Waals surface area (Å²) in [5.41, 5.74) is -4.12. The van der Waals surface area contributed by atoms with Crippen LogP contribution < -0.4 is 4.74 Å². The van der Waals surface area contributed by atoms with Crippen molar-refractivity contribution in [1.29, 1.82) is 0 Å². The number of aliphatic hydroxyl groups is 1. The quantitative estimate of drug-likeness (QED) is 0.318. The summed E-state index contributed by atoms with van der Waals surface area (Å²) in [6.45, 7) is 1.40. The van der Waals surface area contributed by atoms with Gasteiger partial charge in [-0.2, -0.15) is 65.9 Å². The summed E-state index contributed by atoms with van der Waals surface area (Å²) in [6, 6.07) is 3.91. The molecule has 2 nitrogen and oxygen atoms in total. The number of alkyl halides is 15. The molecule has 1 atom stereocenters. The van der Waals surface area contributed by atoms with Crippen LogP contribution in [0.15, 0.2) is 24.3 Å². The maximum Gasteiger partial charge on any atom is 0.460 e. The fraction of sp³-hybridized carbons (Fsp3) is 0.667. The van der Waals surface area contributed by atoms with Crippen LogP contribution in [0.5, 0.6) is 5.75 Å². The average Bonchev–Trinajstić information content (AvgIpc) is 2.66. The number of ether oxygens (including phenoxy) is 1. The van der Waals surface area contributed by atoms with Gasteiger partial charge in [0.1, 0.15) is 5.75 Å². The van der Waals surface area contributed by atoms with Crippen molar-refractivity contribution in [3.63, 3.8) is 0 Å². The van der Waals surface area contributed by atoms with Crippen LogP contribution >= 0.6 is 0 Å². The van der Waals surface area contributed by atoms with E-state index in [0.29, 0.717) is 0 Å². The third-order valence-electron chi connectivity index (χ3n) is 4.73. The minimum atomic E-state index is -8.37. The normalized spacial score (nSPS) is 16.7. The lowest BCUT2D eigenvalue weighted by atomic mass is 9.83. The zero-order chi connectivity index (χ0) is 28.1. The van der Waals surface area contributed by atoms with Crippen molar-refractivity contribution < 1.29 is 75.7 Å². The van der Waals surface area contributed by atoms with Gasteiger partial charge in [-0.1, -0.05) is 18.2 Å². The highest BCUT2D eigenvalue weighted by molar-refractivity contribution is 5.38. The monoisotopic (exact) mass is 548 g/mol. The molecule has 1 aromatic rings. The maximum absolute atomic E-state index is 14.2. The summed E-state index contributed by atoms with van der Waals surface area (Å²) in [7, 11) is 0. The van der Waals surface area contributed by atoms with E-state index in [1.54, 1.807) is 0 Å². The van der Waals surface area contributed by atoms with E-state index in [0.717, 1.165) is 18.2 Å². The molecule has 1 aromatic carbocycles. The summed E-state index contributed by atoms with van der Waals surface area (Å²) in [5.74, 6) is -47.7. The Bertz CT molecular complexity index is 890. The Hall–Kier alpha value is -2.07. The Morgan fingerprint density at radius 2 is 1.06 bits per heavy atom. The van der Waals surface area contributed by atoms with Gasteiger partial charge in [0.2, 0.25) is 0 Å². The topological polar surface area (TPSA) is 29.5 Å². The van der Waals surface area contributed by atoms with E-state index in [4.69, 9.17) is 4.74 Å². The summed E-state index contributed by atoms with van der Waals surface area (Å²) < 4.78 is 205. The van der Waals surface area contributed by atoms with Crippen LogP contribution in [0.2, 0.25) is 0 Å². The van der Waals surface area contributed by atoms with Crippen molar-refractivity contribution in [1.82, 2.24) is 0 Å². The molecule has 0 spiro atoms. The van der Waals surface area contributed by atoms with Crippen LogP contribution in [0.1, 0.15) is 25.8 Å². The molecule has 0 heterocycles. The van der Waals surface area contributed by atoms with Crippen molar-refractivity contribution in [2.45, 2.75) is 67.6 Å². The van der Waals surface area contributed by atoms with Gasteiger partial charge < -0.3 is 9.84 Å². The molecule has 0 bridgehead atoms.